The minimum atomic E-state index is -3.87. The zero-order chi connectivity index (χ0) is 19.2. The van der Waals surface area contributed by atoms with Crippen LogP contribution in [0.25, 0.3) is 0 Å². The maximum Gasteiger partial charge on any atom is 0.255 e. The van der Waals surface area contributed by atoms with Crippen molar-refractivity contribution in [1.82, 2.24) is 0 Å². The minimum Gasteiger partial charge on any atom is -0.322 e. The molecule has 0 fully saturated rings. The summed E-state index contributed by atoms with van der Waals surface area (Å²) in [6, 6.07) is 17.5. The zero-order valence-electron chi connectivity index (χ0n) is 13.8. The Hall–Kier alpha value is -2.52. The van der Waals surface area contributed by atoms with E-state index in [1.807, 2.05) is 12.1 Å². The lowest BCUT2D eigenvalue weighted by Gasteiger charge is -2.19. The van der Waals surface area contributed by atoms with Crippen LogP contribution in [0.5, 0.6) is 0 Å². The van der Waals surface area contributed by atoms with Crippen LogP contribution in [-0.2, 0) is 9.84 Å². The van der Waals surface area contributed by atoms with Gasteiger partial charge in [-0.25, -0.2) is 8.42 Å². The first-order chi connectivity index (χ1) is 12.9. The Kier molecular flexibility index (Phi) is 4.35. The highest BCUT2D eigenvalue weighted by molar-refractivity contribution is 14.1. The van der Waals surface area contributed by atoms with Gasteiger partial charge < -0.3 is 5.32 Å². The molecule has 5 nitrogen and oxygen atoms in total. The smallest absolute Gasteiger partial charge is 0.255 e. The Bertz CT molecular complexity index is 1220. The molecule has 0 radical (unpaired) electrons. The third-order valence-corrected chi connectivity index (χ3v) is 6.80. The summed E-state index contributed by atoms with van der Waals surface area (Å²) in [6.45, 7) is 0. The predicted molar refractivity (Wildman–Crippen MR) is 109 cm³/mol. The summed E-state index contributed by atoms with van der Waals surface area (Å²) in [7, 11) is -3.87. The van der Waals surface area contributed by atoms with Crippen LogP contribution in [0.15, 0.2) is 76.5 Å². The maximum atomic E-state index is 12.9. The molecule has 3 aromatic carbocycles. The first-order valence-corrected chi connectivity index (χ1v) is 10.5. The quantitative estimate of drug-likeness (QED) is 0.433. The van der Waals surface area contributed by atoms with E-state index in [9.17, 15) is 18.0 Å². The number of sulfone groups is 1. The molecule has 0 aliphatic carbocycles. The van der Waals surface area contributed by atoms with Crippen molar-refractivity contribution in [1.29, 1.82) is 0 Å². The number of halogens is 1. The molecular formula is C20H12INO4S. The summed E-state index contributed by atoms with van der Waals surface area (Å²) >= 11 is 2.13. The second-order valence-electron chi connectivity index (χ2n) is 6.00. The summed E-state index contributed by atoms with van der Waals surface area (Å²) in [5.74, 6) is -0.804. The van der Waals surface area contributed by atoms with E-state index in [4.69, 9.17) is 0 Å². The van der Waals surface area contributed by atoms with Gasteiger partial charge in [-0.3, -0.25) is 9.59 Å². The molecule has 27 heavy (non-hydrogen) atoms. The molecule has 0 aromatic heterocycles. The van der Waals surface area contributed by atoms with E-state index < -0.39 is 15.7 Å². The summed E-state index contributed by atoms with van der Waals surface area (Å²) < 4.78 is 26.8. The third kappa shape index (κ3) is 3.06. The van der Waals surface area contributed by atoms with Crippen molar-refractivity contribution in [2.24, 2.45) is 0 Å². The number of hydrogen-bond acceptors (Lipinski definition) is 4. The third-order valence-electron chi connectivity index (χ3n) is 4.28. The van der Waals surface area contributed by atoms with Crippen LogP contribution in [0.4, 0.5) is 5.69 Å². The van der Waals surface area contributed by atoms with Crippen LogP contribution in [0.3, 0.4) is 0 Å². The van der Waals surface area contributed by atoms with Gasteiger partial charge in [-0.2, -0.15) is 0 Å². The molecule has 0 spiro atoms. The lowest BCUT2D eigenvalue weighted by molar-refractivity contribution is 0.101. The molecular weight excluding hydrogens is 477 g/mol. The van der Waals surface area contributed by atoms with Crippen LogP contribution < -0.4 is 5.32 Å². The van der Waals surface area contributed by atoms with Crippen molar-refractivity contribution < 1.29 is 18.0 Å². The van der Waals surface area contributed by atoms with Gasteiger partial charge in [-0.1, -0.05) is 18.2 Å². The zero-order valence-corrected chi connectivity index (χ0v) is 16.7. The first-order valence-electron chi connectivity index (χ1n) is 7.98. The fraction of sp³-hybridized carbons (Fsp3) is 0. The number of anilines is 1. The minimum absolute atomic E-state index is 0.0299. The lowest BCUT2D eigenvalue weighted by atomic mass is 10.0. The highest BCUT2D eigenvalue weighted by atomic mass is 127. The van der Waals surface area contributed by atoms with Crippen LogP contribution in [-0.4, -0.2) is 20.1 Å². The van der Waals surface area contributed by atoms with Crippen LogP contribution in [0.1, 0.15) is 26.3 Å². The van der Waals surface area contributed by atoms with E-state index in [1.54, 1.807) is 24.3 Å². The molecule has 0 unspecified atom stereocenters. The van der Waals surface area contributed by atoms with E-state index in [2.05, 4.69) is 27.9 Å². The van der Waals surface area contributed by atoms with Gasteiger partial charge in [-0.15, -0.1) is 0 Å². The van der Waals surface area contributed by atoms with E-state index in [0.717, 1.165) is 3.57 Å². The Morgan fingerprint density at radius 2 is 1.59 bits per heavy atom. The van der Waals surface area contributed by atoms with Crippen molar-refractivity contribution >= 4 is 49.8 Å². The number of fused-ring (bicyclic) bond motifs is 2. The van der Waals surface area contributed by atoms with Crippen molar-refractivity contribution in [3.05, 3.63) is 87.0 Å². The Morgan fingerprint density at radius 1 is 0.852 bits per heavy atom. The molecule has 4 rings (SSSR count). The lowest BCUT2D eigenvalue weighted by Crippen LogP contribution is -2.21. The number of benzene rings is 3. The number of hydrogen-bond donors (Lipinski definition) is 1. The number of nitrogens with one attached hydrogen (secondary N) is 1. The Morgan fingerprint density at radius 3 is 2.37 bits per heavy atom. The molecule has 1 aliphatic heterocycles. The summed E-state index contributed by atoms with van der Waals surface area (Å²) in [5.41, 5.74) is 1.01. The molecule has 0 saturated heterocycles. The summed E-state index contributed by atoms with van der Waals surface area (Å²) in [6.07, 6.45) is 0. The molecule has 134 valence electrons. The highest BCUT2D eigenvalue weighted by Crippen LogP contribution is 2.34. The molecule has 3 aromatic rings. The van der Waals surface area contributed by atoms with Gasteiger partial charge in [0.15, 0.2) is 5.78 Å². The van der Waals surface area contributed by atoms with Gasteiger partial charge in [0.1, 0.15) is 0 Å². The van der Waals surface area contributed by atoms with Crippen LogP contribution in [0, 0.1) is 3.57 Å². The number of carbonyl (C=O) groups is 2. The van der Waals surface area contributed by atoms with Crippen molar-refractivity contribution in [3.63, 3.8) is 0 Å². The molecule has 1 amide bonds. The van der Waals surface area contributed by atoms with Crippen LogP contribution >= 0.6 is 22.6 Å². The molecule has 0 bridgehead atoms. The average Bonchev–Trinajstić information content (AvgIpc) is 2.66. The maximum absolute atomic E-state index is 12.9. The molecule has 0 atom stereocenters. The van der Waals surface area contributed by atoms with Crippen molar-refractivity contribution in [2.45, 2.75) is 9.79 Å². The highest BCUT2D eigenvalue weighted by Gasteiger charge is 2.34. The standard InChI is InChI=1S/C20H12INO4S/c21-13-4-3-5-14(11-13)22-20(24)12-8-9-16-18(10-12)27(25,26)17-7-2-1-6-15(17)19(16)23/h1-11H,(H,22,24). The summed E-state index contributed by atoms with van der Waals surface area (Å²) in [4.78, 5) is 25.0. The van der Waals surface area contributed by atoms with E-state index in [-0.39, 0.29) is 32.3 Å². The van der Waals surface area contributed by atoms with Gasteiger partial charge in [0.25, 0.3) is 5.91 Å². The van der Waals surface area contributed by atoms with Gasteiger partial charge in [0, 0.05) is 25.9 Å². The topological polar surface area (TPSA) is 80.3 Å². The largest absolute Gasteiger partial charge is 0.322 e. The molecule has 0 saturated carbocycles. The first kappa shape index (κ1) is 17.9. The second kappa shape index (κ2) is 6.58. The molecule has 7 heteroatoms. The number of amides is 1. The fourth-order valence-corrected chi connectivity index (χ4v) is 5.22. The van der Waals surface area contributed by atoms with Crippen LogP contribution in [0.2, 0.25) is 0 Å². The number of ketones is 1. The SMILES string of the molecule is O=C(Nc1cccc(I)c1)c1ccc2c(c1)S(=O)(=O)c1ccccc1C2=O. The van der Waals surface area contributed by atoms with Gasteiger partial charge >= 0.3 is 0 Å². The van der Waals surface area contributed by atoms with E-state index >= 15 is 0 Å². The molecule has 1 aliphatic rings. The normalized spacial score (nSPS) is 14.2. The Balaban J connectivity index is 1.77. The fourth-order valence-electron chi connectivity index (χ4n) is 3.00. The monoisotopic (exact) mass is 489 g/mol. The van der Waals surface area contributed by atoms with Gasteiger partial charge in [-0.05, 0) is 71.1 Å². The van der Waals surface area contributed by atoms with Crippen molar-refractivity contribution in [3.8, 4) is 0 Å². The van der Waals surface area contributed by atoms with Gasteiger partial charge in [0.05, 0.1) is 9.79 Å². The number of carbonyl (C=O) groups excluding carboxylic acids is 2. The molecule has 1 N–H and O–H groups in total. The Labute approximate surface area is 169 Å². The van der Waals surface area contributed by atoms with Gasteiger partial charge in [0.2, 0.25) is 9.84 Å². The predicted octanol–water partition coefficient (Wildman–Crippen LogP) is 3.92. The molecule has 1 heterocycles. The summed E-state index contributed by atoms with van der Waals surface area (Å²) in [5, 5.41) is 2.74. The second-order valence-corrected chi connectivity index (χ2v) is 9.14. The van der Waals surface area contributed by atoms with E-state index in [1.165, 1.54) is 30.3 Å². The van der Waals surface area contributed by atoms with Crippen molar-refractivity contribution in [2.75, 3.05) is 5.32 Å². The number of rotatable bonds is 2. The van der Waals surface area contributed by atoms with E-state index in [0.29, 0.717) is 5.69 Å². The average molecular weight is 489 g/mol.